The van der Waals surface area contributed by atoms with Crippen LogP contribution in [0.5, 0.6) is 0 Å². The number of hydrogen-bond donors (Lipinski definition) is 1. The van der Waals surface area contributed by atoms with E-state index in [0.29, 0.717) is 11.1 Å². The van der Waals surface area contributed by atoms with Gasteiger partial charge in [-0.05, 0) is 42.6 Å². The summed E-state index contributed by atoms with van der Waals surface area (Å²) in [7, 11) is 0. The summed E-state index contributed by atoms with van der Waals surface area (Å²) in [4.78, 5) is 0. The first-order valence-electron chi connectivity index (χ1n) is 4.84. The van der Waals surface area contributed by atoms with Gasteiger partial charge in [-0.3, -0.25) is 0 Å². The normalized spacial score (nSPS) is 13.8. The van der Waals surface area contributed by atoms with Crippen LogP contribution in [-0.4, -0.2) is 15.9 Å². The molecule has 0 radical (unpaired) electrons. The molecule has 0 aliphatic heterocycles. The molecule has 0 aromatic heterocycles. The van der Waals surface area contributed by atoms with Crippen LogP contribution in [0.25, 0.3) is 0 Å². The Kier molecular flexibility index (Phi) is 3.92. The SMILES string of the molecule is Cc1cc(C)cc(C(O)(C(F)(F)Cl)C(F)(F)Cl)c1. The number of aryl methyl sites for hydroxylation is 2. The lowest BCUT2D eigenvalue weighted by Crippen LogP contribution is -2.52. The van der Waals surface area contributed by atoms with Crippen molar-refractivity contribution in [1.29, 1.82) is 0 Å². The second kappa shape index (κ2) is 4.54. The van der Waals surface area contributed by atoms with Crippen LogP contribution in [0.2, 0.25) is 0 Å². The van der Waals surface area contributed by atoms with Gasteiger partial charge in [0.05, 0.1) is 0 Å². The highest BCUT2D eigenvalue weighted by atomic mass is 35.5. The Hall–Kier alpha value is -0.520. The number of alkyl halides is 6. The van der Waals surface area contributed by atoms with Gasteiger partial charge in [-0.25, -0.2) is 0 Å². The molecular formula is C11H10Cl2F4O. The van der Waals surface area contributed by atoms with Crippen molar-refractivity contribution in [2.75, 3.05) is 0 Å². The Morgan fingerprint density at radius 3 is 1.50 bits per heavy atom. The van der Waals surface area contributed by atoms with Crippen molar-refractivity contribution in [3.05, 3.63) is 34.9 Å². The highest BCUT2D eigenvalue weighted by Crippen LogP contribution is 2.52. The van der Waals surface area contributed by atoms with Crippen molar-refractivity contribution in [2.24, 2.45) is 0 Å². The molecule has 102 valence electrons. The summed E-state index contributed by atoms with van der Waals surface area (Å²) in [5, 5.41) is 0.388. The standard InChI is InChI=1S/C11H10Cl2F4O/c1-6-3-7(2)5-8(4-6)9(18,10(12,14)15)11(13,16)17/h3-5,18H,1-2H3. The summed E-state index contributed by atoms with van der Waals surface area (Å²) < 4.78 is 52.7. The first-order chi connectivity index (χ1) is 7.89. The van der Waals surface area contributed by atoms with E-state index in [1.165, 1.54) is 13.8 Å². The second-order valence-electron chi connectivity index (χ2n) is 4.08. The van der Waals surface area contributed by atoms with Gasteiger partial charge in [0.25, 0.3) is 0 Å². The summed E-state index contributed by atoms with van der Waals surface area (Å²) >= 11 is 9.23. The number of benzene rings is 1. The monoisotopic (exact) mass is 304 g/mol. The van der Waals surface area contributed by atoms with Crippen LogP contribution in [-0.2, 0) is 5.60 Å². The fourth-order valence-corrected chi connectivity index (χ4v) is 2.18. The molecule has 7 heteroatoms. The maximum Gasteiger partial charge on any atom is 0.361 e. The molecule has 0 saturated carbocycles. The zero-order chi connectivity index (χ0) is 14.4. The van der Waals surface area contributed by atoms with Crippen molar-refractivity contribution >= 4 is 23.2 Å². The molecule has 18 heavy (non-hydrogen) atoms. The third kappa shape index (κ3) is 2.58. The lowest BCUT2D eigenvalue weighted by molar-refractivity contribution is -0.224. The molecule has 0 atom stereocenters. The van der Waals surface area contributed by atoms with E-state index >= 15 is 0 Å². The maximum atomic E-state index is 13.2. The number of aliphatic hydroxyl groups is 1. The molecule has 0 fully saturated rings. The average Bonchev–Trinajstić information content (AvgIpc) is 2.11. The van der Waals surface area contributed by atoms with E-state index in [9.17, 15) is 22.7 Å². The van der Waals surface area contributed by atoms with Crippen LogP contribution < -0.4 is 0 Å². The summed E-state index contributed by atoms with van der Waals surface area (Å²) in [6, 6.07) is 3.54. The van der Waals surface area contributed by atoms with Crippen LogP contribution in [0.3, 0.4) is 0 Å². The van der Waals surface area contributed by atoms with Gasteiger partial charge in [0.2, 0.25) is 5.60 Å². The maximum absolute atomic E-state index is 13.2. The van der Waals surface area contributed by atoms with Gasteiger partial charge in [0, 0.05) is 0 Å². The molecule has 1 N–H and O–H groups in total. The van der Waals surface area contributed by atoms with E-state index < -0.39 is 21.9 Å². The van der Waals surface area contributed by atoms with Crippen molar-refractivity contribution in [3.63, 3.8) is 0 Å². The Morgan fingerprint density at radius 2 is 1.22 bits per heavy atom. The number of halogens is 6. The van der Waals surface area contributed by atoms with E-state index in [4.69, 9.17) is 0 Å². The van der Waals surface area contributed by atoms with Crippen molar-refractivity contribution < 1.29 is 22.7 Å². The minimum Gasteiger partial charge on any atom is -0.372 e. The topological polar surface area (TPSA) is 20.2 Å². The quantitative estimate of drug-likeness (QED) is 0.657. The third-order valence-corrected chi connectivity index (χ3v) is 3.01. The number of hydrogen-bond acceptors (Lipinski definition) is 1. The molecule has 1 rings (SSSR count). The predicted molar refractivity (Wildman–Crippen MR) is 61.4 cm³/mol. The highest BCUT2D eigenvalue weighted by Gasteiger charge is 2.67. The van der Waals surface area contributed by atoms with Crippen LogP contribution >= 0.6 is 23.2 Å². The molecule has 0 saturated heterocycles. The van der Waals surface area contributed by atoms with Crippen molar-refractivity contribution in [3.8, 4) is 0 Å². The fraction of sp³-hybridized carbons (Fsp3) is 0.455. The zero-order valence-electron chi connectivity index (χ0n) is 9.45. The Bertz CT molecular complexity index is 417. The molecule has 0 bridgehead atoms. The van der Waals surface area contributed by atoms with E-state index in [-0.39, 0.29) is 0 Å². The van der Waals surface area contributed by atoms with Gasteiger partial charge in [0.15, 0.2) is 0 Å². The molecule has 0 aliphatic rings. The molecule has 0 spiro atoms. The average molecular weight is 305 g/mol. The first-order valence-corrected chi connectivity index (χ1v) is 5.60. The largest absolute Gasteiger partial charge is 0.372 e. The molecule has 1 nitrogen and oxygen atoms in total. The summed E-state index contributed by atoms with van der Waals surface area (Å²) in [5.41, 5.74) is -3.88. The summed E-state index contributed by atoms with van der Waals surface area (Å²) in [5.74, 6) is 0. The fourth-order valence-electron chi connectivity index (χ4n) is 1.67. The van der Waals surface area contributed by atoms with Gasteiger partial charge in [-0.1, -0.05) is 29.3 Å². The van der Waals surface area contributed by atoms with E-state index in [2.05, 4.69) is 23.2 Å². The van der Waals surface area contributed by atoms with Crippen molar-refractivity contribution in [2.45, 2.75) is 30.2 Å². The zero-order valence-corrected chi connectivity index (χ0v) is 11.0. The molecule has 0 heterocycles. The molecule has 0 unspecified atom stereocenters. The minimum absolute atomic E-state index is 0.422. The Labute approximate surface area is 111 Å². The Balaban J connectivity index is 3.55. The lowest BCUT2D eigenvalue weighted by atomic mass is 9.91. The van der Waals surface area contributed by atoms with Gasteiger partial charge >= 0.3 is 10.8 Å². The first kappa shape index (κ1) is 15.5. The van der Waals surface area contributed by atoms with E-state index in [0.717, 1.165) is 12.1 Å². The van der Waals surface area contributed by atoms with Crippen molar-refractivity contribution in [1.82, 2.24) is 0 Å². The third-order valence-electron chi connectivity index (χ3n) is 2.46. The summed E-state index contributed by atoms with van der Waals surface area (Å²) in [6.07, 6.45) is 0. The van der Waals surface area contributed by atoms with Crippen LogP contribution in [0.1, 0.15) is 16.7 Å². The lowest BCUT2D eigenvalue weighted by Gasteiger charge is -2.35. The molecule has 1 aromatic rings. The molecule has 1 aromatic carbocycles. The minimum atomic E-state index is -4.63. The molecule has 0 aliphatic carbocycles. The van der Waals surface area contributed by atoms with Crippen LogP contribution in [0.4, 0.5) is 17.6 Å². The highest BCUT2D eigenvalue weighted by molar-refractivity contribution is 6.26. The van der Waals surface area contributed by atoms with Crippen LogP contribution in [0.15, 0.2) is 18.2 Å². The van der Waals surface area contributed by atoms with Gasteiger partial charge < -0.3 is 5.11 Å². The molecule has 0 amide bonds. The predicted octanol–water partition coefficient (Wildman–Crippen LogP) is 4.15. The smallest absolute Gasteiger partial charge is 0.361 e. The molecular weight excluding hydrogens is 295 g/mol. The second-order valence-corrected chi connectivity index (χ2v) is 5.03. The Morgan fingerprint density at radius 1 is 0.889 bits per heavy atom. The summed E-state index contributed by atoms with van der Waals surface area (Å²) in [6.45, 7) is 3.02. The van der Waals surface area contributed by atoms with Gasteiger partial charge in [-0.15, -0.1) is 0 Å². The van der Waals surface area contributed by atoms with Gasteiger partial charge in [-0.2, -0.15) is 17.6 Å². The van der Waals surface area contributed by atoms with E-state index in [1.807, 2.05) is 0 Å². The van der Waals surface area contributed by atoms with Gasteiger partial charge in [0.1, 0.15) is 0 Å². The number of rotatable bonds is 3. The van der Waals surface area contributed by atoms with Crippen LogP contribution in [0, 0.1) is 13.8 Å². The van der Waals surface area contributed by atoms with E-state index in [1.54, 1.807) is 6.07 Å².